The third kappa shape index (κ3) is 4.39. The Bertz CT molecular complexity index is 222. The summed E-state index contributed by atoms with van der Waals surface area (Å²) in [5.74, 6) is 0.666. The SMILES string of the molecule is CC(C)NC(=O)N(C)CC1CCN(C)CC1. The van der Waals surface area contributed by atoms with Gasteiger partial charge in [-0.3, -0.25) is 0 Å². The van der Waals surface area contributed by atoms with Crippen LogP contribution in [-0.2, 0) is 0 Å². The maximum absolute atomic E-state index is 11.7. The van der Waals surface area contributed by atoms with Crippen molar-refractivity contribution in [2.45, 2.75) is 32.7 Å². The average molecular weight is 227 g/mol. The number of nitrogens with zero attached hydrogens (tertiary/aromatic N) is 2. The van der Waals surface area contributed by atoms with E-state index >= 15 is 0 Å². The van der Waals surface area contributed by atoms with E-state index in [-0.39, 0.29) is 12.1 Å². The summed E-state index contributed by atoms with van der Waals surface area (Å²) in [5, 5.41) is 2.92. The van der Waals surface area contributed by atoms with Crippen LogP contribution in [0.3, 0.4) is 0 Å². The normalized spacial score (nSPS) is 18.8. The van der Waals surface area contributed by atoms with Crippen LogP contribution in [0.15, 0.2) is 0 Å². The molecule has 2 amide bonds. The molecule has 4 heteroatoms. The molecule has 1 fully saturated rings. The van der Waals surface area contributed by atoms with Crippen LogP contribution in [0.25, 0.3) is 0 Å². The van der Waals surface area contributed by atoms with Gasteiger partial charge in [0, 0.05) is 19.6 Å². The van der Waals surface area contributed by atoms with E-state index in [0.29, 0.717) is 5.92 Å². The molecule has 1 aliphatic rings. The summed E-state index contributed by atoms with van der Waals surface area (Å²) >= 11 is 0. The number of carbonyl (C=O) groups excluding carboxylic acids is 1. The Labute approximate surface area is 99.0 Å². The number of nitrogens with one attached hydrogen (secondary N) is 1. The van der Waals surface area contributed by atoms with E-state index in [2.05, 4.69) is 17.3 Å². The third-order valence-electron chi connectivity index (χ3n) is 3.13. The summed E-state index contributed by atoms with van der Waals surface area (Å²) in [6.07, 6.45) is 2.41. The molecule has 94 valence electrons. The lowest BCUT2D eigenvalue weighted by atomic mass is 9.97. The summed E-state index contributed by atoms with van der Waals surface area (Å²) in [4.78, 5) is 15.9. The molecule has 0 aromatic carbocycles. The fourth-order valence-corrected chi connectivity index (χ4v) is 2.07. The largest absolute Gasteiger partial charge is 0.336 e. The highest BCUT2D eigenvalue weighted by Crippen LogP contribution is 2.16. The number of hydrogen-bond donors (Lipinski definition) is 1. The molecule has 1 heterocycles. The minimum atomic E-state index is 0.0499. The Morgan fingerprint density at radius 2 is 2.00 bits per heavy atom. The maximum Gasteiger partial charge on any atom is 0.317 e. The fraction of sp³-hybridized carbons (Fsp3) is 0.917. The minimum absolute atomic E-state index is 0.0499. The quantitative estimate of drug-likeness (QED) is 0.790. The van der Waals surface area contributed by atoms with Gasteiger partial charge in [0.25, 0.3) is 0 Å². The van der Waals surface area contributed by atoms with Crippen molar-refractivity contribution in [2.75, 3.05) is 33.7 Å². The van der Waals surface area contributed by atoms with Crippen molar-refractivity contribution in [3.63, 3.8) is 0 Å². The Hall–Kier alpha value is -0.770. The highest BCUT2D eigenvalue weighted by Gasteiger charge is 2.20. The van der Waals surface area contributed by atoms with Gasteiger partial charge >= 0.3 is 6.03 Å². The summed E-state index contributed by atoms with van der Waals surface area (Å²) in [6, 6.07) is 0.265. The first-order valence-electron chi connectivity index (χ1n) is 6.19. The van der Waals surface area contributed by atoms with Crippen molar-refractivity contribution in [1.82, 2.24) is 15.1 Å². The molecule has 0 spiro atoms. The molecule has 4 nitrogen and oxygen atoms in total. The molecule has 1 rings (SSSR count). The van der Waals surface area contributed by atoms with Crippen LogP contribution >= 0.6 is 0 Å². The summed E-state index contributed by atoms with van der Waals surface area (Å²) in [5.41, 5.74) is 0. The van der Waals surface area contributed by atoms with E-state index in [4.69, 9.17) is 0 Å². The van der Waals surface area contributed by atoms with Crippen molar-refractivity contribution in [1.29, 1.82) is 0 Å². The Morgan fingerprint density at radius 1 is 1.44 bits per heavy atom. The van der Waals surface area contributed by atoms with E-state index < -0.39 is 0 Å². The van der Waals surface area contributed by atoms with Crippen LogP contribution in [0.2, 0.25) is 0 Å². The molecule has 1 saturated heterocycles. The zero-order valence-electron chi connectivity index (χ0n) is 11.0. The minimum Gasteiger partial charge on any atom is -0.336 e. The topological polar surface area (TPSA) is 35.6 Å². The lowest BCUT2D eigenvalue weighted by molar-refractivity contribution is 0.169. The van der Waals surface area contributed by atoms with Crippen molar-refractivity contribution in [2.24, 2.45) is 5.92 Å². The maximum atomic E-state index is 11.7. The van der Waals surface area contributed by atoms with E-state index in [1.165, 1.54) is 12.8 Å². The Morgan fingerprint density at radius 3 is 2.50 bits per heavy atom. The van der Waals surface area contributed by atoms with Crippen LogP contribution < -0.4 is 5.32 Å². The molecular formula is C12H25N3O. The lowest BCUT2D eigenvalue weighted by Crippen LogP contribution is -2.44. The van der Waals surface area contributed by atoms with E-state index in [1.807, 2.05) is 25.8 Å². The number of amides is 2. The van der Waals surface area contributed by atoms with Crippen molar-refractivity contribution in [3.05, 3.63) is 0 Å². The molecule has 0 saturated carbocycles. The first-order chi connectivity index (χ1) is 7.49. The predicted octanol–water partition coefficient (Wildman–Crippen LogP) is 1.38. The number of carbonyl (C=O) groups is 1. The molecule has 0 aromatic heterocycles. The number of likely N-dealkylation sites (tertiary alicyclic amines) is 1. The van der Waals surface area contributed by atoms with Crippen LogP contribution in [-0.4, -0.2) is 55.6 Å². The van der Waals surface area contributed by atoms with Crippen LogP contribution in [0.4, 0.5) is 4.79 Å². The third-order valence-corrected chi connectivity index (χ3v) is 3.13. The first kappa shape index (κ1) is 13.3. The standard InChI is InChI=1S/C12H25N3O/c1-10(2)13-12(16)15(4)9-11-5-7-14(3)8-6-11/h10-11H,5-9H2,1-4H3,(H,13,16). The van der Waals surface area contributed by atoms with Gasteiger partial charge in [-0.25, -0.2) is 4.79 Å². The highest BCUT2D eigenvalue weighted by molar-refractivity contribution is 5.74. The van der Waals surface area contributed by atoms with E-state index in [1.54, 1.807) is 0 Å². The summed E-state index contributed by atoms with van der Waals surface area (Å²) in [7, 11) is 4.04. The van der Waals surface area contributed by atoms with Gasteiger partial charge in [-0.1, -0.05) is 0 Å². The smallest absolute Gasteiger partial charge is 0.317 e. The fourth-order valence-electron chi connectivity index (χ4n) is 2.07. The number of urea groups is 1. The molecule has 0 atom stereocenters. The number of rotatable bonds is 3. The molecular weight excluding hydrogens is 202 g/mol. The Kier molecular flexibility index (Phi) is 5.06. The van der Waals surface area contributed by atoms with E-state index in [9.17, 15) is 4.79 Å². The predicted molar refractivity (Wildman–Crippen MR) is 66.5 cm³/mol. The average Bonchev–Trinajstić information content (AvgIpc) is 2.20. The molecule has 0 radical (unpaired) electrons. The zero-order valence-corrected chi connectivity index (χ0v) is 11.0. The van der Waals surface area contributed by atoms with Gasteiger partial charge in [0.05, 0.1) is 0 Å². The van der Waals surface area contributed by atoms with Crippen molar-refractivity contribution in [3.8, 4) is 0 Å². The summed E-state index contributed by atoms with van der Waals surface area (Å²) in [6.45, 7) is 7.17. The van der Waals surface area contributed by atoms with Crippen molar-refractivity contribution >= 4 is 6.03 Å². The second-order valence-electron chi connectivity index (χ2n) is 5.23. The lowest BCUT2D eigenvalue weighted by Gasteiger charge is -2.31. The molecule has 0 aliphatic carbocycles. The number of hydrogen-bond acceptors (Lipinski definition) is 2. The van der Waals surface area contributed by atoms with E-state index in [0.717, 1.165) is 19.6 Å². The van der Waals surface area contributed by atoms with Gasteiger partial charge in [-0.2, -0.15) is 0 Å². The second-order valence-corrected chi connectivity index (χ2v) is 5.23. The van der Waals surface area contributed by atoms with Gasteiger partial charge in [0.1, 0.15) is 0 Å². The van der Waals surface area contributed by atoms with Gasteiger partial charge in [-0.05, 0) is 52.7 Å². The monoisotopic (exact) mass is 227 g/mol. The molecule has 0 bridgehead atoms. The molecule has 16 heavy (non-hydrogen) atoms. The Balaban J connectivity index is 2.28. The summed E-state index contributed by atoms with van der Waals surface area (Å²) < 4.78 is 0. The molecule has 0 aromatic rings. The van der Waals surface area contributed by atoms with Crippen LogP contribution in [0.1, 0.15) is 26.7 Å². The van der Waals surface area contributed by atoms with Crippen LogP contribution in [0, 0.1) is 5.92 Å². The molecule has 0 unspecified atom stereocenters. The van der Waals surface area contributed by atoms with Crippen molar-refractivity contribution < 1.29 is 4.79 Å². The molecule has 1 aliphatic heterocycles. The van der Waals surface area contributed by atoms with Gasteiger partial charge in [0.2, 0.25) is 0 Å². The number of piperidine rings is 1. The molecule has 1 N–H and O–H groups in total. The van der Waals surface area contributed by atoms with Gasteiger partial charge in [0.15, 0.2) is 0 Å². The first-order valence-corrected chi connectivity index (χ1v) is 6.19. The second kappa shape index (κ2) is 6.09. The zero-order chi connectivity index (χ0) is 12.1. The van der Waals surface area contributed by atoms with Gasteiger partial charge in [-0.15, -0.1) is 0 Å². The van der Waals surface area contributed by atoms with Crippen LogP contribution in [0.5, 0.6) is 0 Å². The van der Waals surface area contributed by atoms with Gasteiger partial charge < -0.3 is 15.1 Å². The highest BCUT2D eigenvalue weighted by atomic mass is 16.2.